The van der Waals surface area contributed by atoms with Gasteiger partial charge >= 0.3 is 0 Å². The maximum Gasteiger partial charge on any atom is 0.228 e. The highest BCUT2D eigenvalue weighted by Gasteiger charge is 2.18. The molecular weight excluding hydrogens is 226 g/mol. The quantitative estimate of drug-likeness (QED) is 0.799. The number of fused-ring (bicyclic) bond motifs is 1. The molecule has 1 aromatic carbocycles. The average Bonchev–Trinajstić information content (AvgIpc) is 2.89. The first-order valence-corrected chi connectivity index (χ1v) is 5.70. The van der Waals surface area contributed by atoms with Crippen molar-refractivity contribution >= 4 is 11.6 Å². The van der Waals surface area contributed by atoms with E-state index in [0.717, 1.165) is 28.2 Å². The number of anilines is 1. The molecule has 4 nitrogen and oxygen atoms in total. The molecule has 1 amide bonds. The van der Waals surface area contributed by atoms with E-state index in [9.17, 15) is 4.79 Å². The Morgan fingerprint density at radius 2 is 2.17 bits per heavy atom. The molecule has 2 aromatic rings. The van der Waals surface area contributed by atoms with Gasteiger partial charge in [-0.25, -0.2) is 0 Å². The van der Waals surface area contributed by atoms with E-state index in [1.165, 1.54) is 0 Å². The van der Waals surface area contributed by atoms with Gasteiger partial charge in [-0.1, -0.05) is 6.07 Å². The Morgan fingerprint density at radius 3 is 2.89 bits per heavy atom. The molecule has 0 saturated carbocycles. The van der Waals surface area contributed by atoms with Gasteiger partial charge in [0.1, 0.15) is 6.07 Å². The molecule has 1 aromatic heterocycles. The van der Waals surface area contributed by atoms with Crippen molar-refractivity contribution in [3.05, 3.63) is 41.1 Å². The highest BCUT2D eigenvalue weighted by Crippen LogP contribution is 2.29. The number of aromatic nitrogens is 1. The largest absolute Gasteiger partial charge is 0.358 e. The molecule has 0 unspecified atom stereocenters. The zero-order chi connectivity index (χ0) is 12.7. The van der Waals surface area contributed by atoms with Crippen molar-refractivity contribution < 1.29 is 4.79 Å². The second-order valence-electron chi connectivity index (χ2n) is 4.43. The standard InChI is InChI=1S/C14H11N3O/c1-8-11(7-15)5-13(16-8)9-2-3-12-10(4-9)6-14(18)17-12/h2-5,16H,6H2,1H3,(H,17,18). The summed E-state index contributed by atoms with van der Waals surface area (Å²) >= 11 is 0. The van der Waals surface area contributed by atoms with Gasteiger partial charge in [-0.3, -0.25) is 4.79 Å². The van der Waals surface area contributed by atoms with Crippen molar-refractivity contribution in [3.63, 3.8) is 0 Å². The summed E-state index contributed by atoms with van der Waals surface area (Å²) in [5, 5.41) is 11.7. The average molecular weight is 237 g/mol. The van der Waals surface area contributed by atoms with E-state index >= 15 is 0 Å². The fourth-order valence-corrected chi connectivity index (χ4v) is 2.23. The Hall–Kier alpha value is -2.54. The number of nitrogens with zero attached hydrogens (tertiary/aromatic N) is 1. The monoisotopic (exact) mass is 237 g/mol. The molecule has 18 heavy (non-hydrogen) atoms. The molecule has 0 radical (unpaired) electrons. The summed E-state index contributed by atoms with van der Waals surface area (Å²) in [5.74, 6) is 0.0301. The van der Waals surface area contributed by atoms with Gasteiger partial charge in [0.05, 0.1) is 12.0 Å². The van der Waals surface area contributed by atoms with Crippen LogP contribution in [0, 0.1) is 18.3 Å². The van der Waals surface area contributed by atoms with Crippen LogP contribution in [0.15, 0.2) is 24.3 Å². The van der Waals surface area contributed by atoms with Gasteiger partial charge in [-0.2, -0.15) is 5.26 Å². The molecule has 0 fully saturated rings. The number of carbonyl (C=O) groups excluding carboxylic acids is 1. The molecule has 0 spiro atoms. The minimum absolute atomic E-state index is 0.0301. The number of amides is 1. The maximum atomic E-state index is 11.3. The Kier molecular flexibility index (Phi) is 2.20. The van der Waals surface area contributed by atoms with Crippen molar-refractivity contribution in [1.82, 2.24) is 4.98 Å². The summed E-state index contributed by atoms with van der Waals surface area (Å²) in [6.45, 7) is 1.88. The van der Waals surface area contributed by atoms with Gasteiger partial charge in [-0.05, 0) is 36.2 Å². The number of H-pyrrole nitrogens is 1. The summed E-state index contributed by atoms with van der Waals surface area (Å²) in [6.07, 6.45) is 0.425. The molecule has 0 saturated heterocycles. The number of carbonyl (C=O) groups is 1. The lowest BCUT2D eigenvalue weighted by atomic mass is 10.1. The van der Waals surface area contributed by atoms with Gasteiger partial charge in [0.2, 0.25) is 5.91 Å². The maximum absolute atomic E-state index is 11.3. The lowest BCUT2D eigenvalue weighted by molar-refractivity contribution is -0.115. The molecule has 0 aliphatic carbocycles. The number of nitriles is 1. The number of nitrogens with one attached hydrogen (secondary N) is 2. The number of benzene rings is 1. The topological polar surface area (TPSA) is 68.7 Å². The smallest absolute Gasteiger partial charge is 0.228 e. The molecule has 1 aliphatic rings. The van der Waals surface area contributed by atoms with E-state index < -0.39 is 0 Å². The molecule has 2 heterocycles. The summed E-state index contributed by atoms with van der Waals surface area (Å²) in [5.41, 5.74) is 5.30. The zero-order valence-corrected chi connectivity index (χ0v) is 9.87. The van der Waals surface area contributed by atoms with Crippen LogP contribution in [0.4, 0.5) is 5.69 Å². The van der Waals surface area contributed by atoms with Crippen LogP contribution in [-0.2, 0) is 11.2 Å². The second-order valence-corrected chi connectivity index (χ2v) is 4.43. The van der Waals surface area contributed by atoms with Crippen LogP contribution in [-0.4, -0.2) is 10.9 Å². The third kappa shape index (κ3) is 1.57. The summed E-state index contributed by atoms with van der Waals surface area (Å²) < 4.78 is 0. The van der Waals surface area contributed by atoms with Crippen LogP contribution in [0.2, 0.25) is 0 Å². The fraction of sp³-hybridized carbons (Fsp3) is 0.143. The predicted molar refractivity (Wildman–Crippen MR) is 68.0 cm³/mol. The minimum atomic E-state index is 0.0301. The van der Waals surface area contributed by atoms with Crippen LogP contribution >= 0.6 is 0 Å². The molecule has 4 heteroatoms. The van der Waals surface area contributed by atoms with Crippen LogP contribution in [0.5, 0.6) is 0 Å². The Morgan fingerprint density at radius 1 is 1.33 bits per heavy atom. The molecule has 88 valence electrons. The Balaban J connectivity index is 2.06. The first kappa shape index (κ1) is 10.6. The lowest BCUT2D eigenvalue weighted by Crippen LogP contribution is -2.03. The third-order valence-electron chi connectivity index (χ3n) is 3.18. The van der Waals surface area contributed by atoms with E-state index in [0.29, 0.717) is 12.0 Å². The van der Waals surface area contributed by atoms with Crippen LogP contribution in [0.25, 0.3) is 11.3 Å². The fourth-order valence-electron chi connectivity index (χ4n) is 2.23. The third-order valence-corrected chi connectivity index (χ3v) is 3.18. The Bertz CT molecular complexity index is 692. The molecule has 0 bridgehead atoms. The second kappa shape index (κ2) is 3.74. The van der Waals surface area contributed by atoms with Crippen molar-refractivity contribution in [2.45, 2.75) is 13.3 Å². The number of rotatable bonds is 1. The highest BCUT2D eigenvalue weighted by molar-refractivity contribution is 5.99. The van der Waals surface area contributed by atoms with Crippen LogP contribution in [0.3, 0.4) is 0 Å². The predicted octanol–water partition coefficient (Wildman–Crippen LogP) is 2.36. The number of hydrogen-bond acceptors (Lipinski definition) is 2. The van der Waals surface area contributed by atoms with Gasteiger partial charge < -0.3 is 10.3 Å². The first-order chi connectivity index (χ1) is 8.67. The van der Waals surface area contributed by atoms with Crippen LogP contribution < -0.4 is 5.32 Å². The Labute approximate surface area is 104 Å². The normalized spacial score (nSPS) is 13.0. The SMILES string of the molecule is Cc1[nH]c(-c2ccc3c(c2)CC(=O)N3)cc1C#N. The highest BCUT2D eigenvalue weighted by atomic mass is 16.1. The summed E-state index contributed by atoms with van der Waals surface area (Å²) in [7, 11) is 0. The number of aromatic amines is 1. The molecule has 0 atom stereocenters. The molecule has 2 N–H and O–H groups in total. The van der Waals surface area contributed by atoms with Gasteiger partial charge in [-0.15, -0.1) is 0 Å². The number of hydrogen-bond donors (Lipinski definition) is 2. The summed E-state index contributed by atoms with van der Waals surface area (Å²) in [4.78, 5) is 14.5. The molecule has 3 rings (SSSR count). The van der Waals surface area contributed by atoms with Crippen molar-refractivity contribution in [2.24, 2.45) is 0 Å². The van der Waals surface area contributed by atoms with Crippen molar-refractivity contribution in [2.75, 3.05) is 5.32 Å². The first-order valence-electron chi connectivity index (χ1n) is 5.70. The van der Waals surface area contributed by atoms with E-state index in [2.05, 4.69) is 16.4 Å². The summed E-state index contributed by atoms with van der Waals surface area (Å²) in [6, 6.07) is 9.81. The van der Waals surface area contributed by atoms with E-state index in [-0.39, 0.29) is 5.91 Å². The van der Waals surface area contributed by atoms with Gasteiger partial charge in [0, 0.05) is 17.1 Å². The van der Waals surface area contributed by atoms with Crippen molar-refractivity contribution in [3.8, 4) is 17.3 Å². The van der Waals surface area contributed by atoms with E-state index in [1.54, 1.807) is 0 Å². The van der Waals surface area contributed by atoms with Crippen molar-refractivity contribution in [1.29, 1.82) is 5.26 Å². The zero-order valence-electron chi connectivity index (χ0n) is 9.87. The van der Waals surface area contributed by atoms with Crippen LogP contribution in [0.1, 0.15) is 16.8 Å². The van der Waals surface area contributed by atoms with Gasteiger partial charge in [0.25, 0.3) is 0 Å². The molecular formula is C14H11N3O. The van der Waals surface area contributed by atoms with E-state index in [4.69, 9.17) is 5.26 Å². The number of aryl methyl sites for hydroxylation is 1. The van der Waals surface area contributed by atoms with E-state index in [1.807, 2.05) is 31.2 Å². The lowest BCUT2D eigenvalue weighted by Gasteiger charge is -2.02. The minimum Gasteiger partial charge on any atom is -0.358 e. The van der Waals surface area contributed by atoms with Gasteiger partial charge in [0.15, 0.2) is 0 Å². The molecule has 1 aliphatic heterocycles.